The molecule has 1 unspecified atom stereocenters. The van der Waals surface area contributed by atoms with Gasteiger partial charge in [-0.05, 0) is 36.6 Å². The minimum atomic E-state index is -0.655. The molecule has 0 aliphatic heterocycles. The fraction of sp³-hybridized carbons (Fsp3) is 0.308. The summed E-state index contributed by atoms with van der Waals surface area (Å²) in [6.45, 7) is 0. The van der Waals surface area contributed by atoms with Crippen LogP contribution in [-0.2, 0) is 13.5 Å². The van der Waals surface area contributed by atoms with Crippen LogP contribution in [0.2, 0.25) is 5.02 Å². The van der Waals surface area contributed by atoms with Crippen molar-refractivity contribution < 1.29 is 9.50 Å². The number of aliphatic hydroxyl groups excluding tert-OH is 1. The van der Waals surface area contributed by atoms with Crippen LogP contribution < -0.4 is 0 Å². The summed E-state index contributed by atoms with van der Waals surface area (Å²) in [5.41, 5.74) is 1.67. The molecule has 0 bridgehead atoms. The van der Waals surface area contributed by atoms with Crippen molar-refractivity contribution in [3.8, 4) is 0 Å². The van der Waals surface area contributed by atoms with Gasteiger partial charge in [0.2, 0.25) is 0 Å². The summed E-state index contributed by atoms with van der Waals surface area (Å²) < 4.78 is 14.8. The zero-order chi connectivity index (χ0) is 13.1. The van der Waals surface area contributed by atoms with Crippen molar-refractivity contribution in [1.82, 2.24) is 9.78 Å². The Hall–Kier alpha value is -1.39. The molecule has 1 atom stereocenters. The first-order valence-electron chi connectivity index (χ1n) is 5.68. The van der Waals surface area contributed by atoms with Crippen molar-refractivity contribution in [2.45, 2.75) is 18.9 Å². The van der Waals surface area contributed by atoms with Crippen LogP contribution in [0.3, 0.4) is 0 Å². The maximum Gasteiger partial charge on any atom is 0.141 e. The van der Waals surface area contributed by atoms with E-state index in [0.717, 1.165) is 5.69 Å². The van der Waals surface area contributed by atoms with E-state index in [1.54, 1.807) is 16.9 Å². The van der Waals surface area contributed by atoms with Gasteiger partial charge in [-0.25, -0.2) is 4.39 Å². The van der Waals surface area contributed by atoms with Crippen molar-refractivity contribution in [2.24, 2.45) is 7.05 Å². The third-order valence-electron chi connectivity index (χ3n) is 2.92. The number of benzene rings is 1. The van der Waals surface area contributed by atoms with E-state index < -0.39 is 11.9 Å². The highest BCUT2D eigenvalue weighted by molar-refractivity contribution is 6.30. The molecule has 0 saturated carbocycles. The van der Waals surface area contributed by atoms with E-state index in [0.29, 0.717) is 18.4 Å². The van der Waals surface area contributed by atoms with Crippen molar-refractivity contribution in [2.75, 3.05) is 0 Å². The van der Waals surface area contributed by atoms with Gasteiger partial charge in [0, 0.05) is 18.9 Å². The molecule has 18 heavy (non-hydrogen) atoms. The van der Waals surface area contributed by atoms with E-state index in [2.05, 4.69) is 5.10 Å². The Labute approximate surface area is 110 Å². The number of hydrogen-bond acceptors (Lipinski definition) is 2. The molecule has 1 heterocycles. The van der Waals surface area contributed by atoms with Gasteiger partial charge in [0.25, 0.3) is 0 Å². The van der Waals surface area contributed by atoms with E-state index >= 15 is 0 Å². The molecule has 1 aromatic carbocycles. The second-order valence-corrected chi connectivity index (χ2v) is 4.58. The van der Waals surface area contributed by atoms with Crippen LogP contribution in [0.25, 0.3) is 0 Å². The number of nitrogens with zero attached hydrogens (tertiary/aromatic N) is 2. The number of aliphatic hydroxyl groups is 1. The second-order valence-electron chi connectivity index (χ2n) is 4.17. The Kier molecular flexibility index (Phi) is 3.99. The van der Waals surface area contributed by atoms with Gasteiger partial charge in [0.1, 0.15) is 5.82 Å². The molecular weight excluding hydrogens is 255 g/mol. The summed E-state index contributed by atoms with van der Waals surface area (Å²) in [5, 5.41) is 14.1. The van der Waals surface area contributed by atoms with Gasteiger partial charge in [0.05, 0.1) is 11.1 Å². The van der Waals surface area contributed by atoms with E-state index in [9.17, 15) is 9.50 Å². The Morgan fingerprint density at radius 2 is 2.22 bits per heavy atom. The minimum absolute atomic E-state index is 0.0343. The number of aromatic nitrogens is 2. The number of hydrogen-bond donors (Lipinski definition) is 1. The average Bonchev–Trinajstić information content (AvgIpc) is 2.75. The maximum atomic E-state index is 13.0. The van der Waals surface area contributed by atoms with Gasteiger partial charge >= 0.3 is 0 Å². The van der Waals surface area contributed by atoms with Gasteiger partial charge in [-0.2, -0.15) is 5.10 Å². The van der Waals surface area contributed by atoms with Crippen molar-refractivity contribution in [1.29, 1.82) is 0 Å². The molecule has 96 valence electrons. The van der Waals surface area contributed by atoms with Crippen molar-refractivity contribution >= 4 is 11.6 Å². The standard InChI is InChI=1S/C13H14ClFN2O/c1-17-10(6-7-16-17)3-5-13(18)9-2-4-12(15)11(14)8-9/h2,4,6-8,13,18H,3,5H2,1H3. The molecular formula is C13H14ClFN2O. The first-order valence-corrected chi connectivity index (χ1v) is 6.05. The molecule has 1 N–H and O–H groups in total. The first kappa shape index (κ1) is 13.1. The molecule has 0 spiro atoms. The third kappa shape index (κ3) is 2.89. The Balaban J connectivity index is 2.01. The molecule has 2 rings (SSSR count). The Morgan fingerprint density at radius 3 is 2.83 bits per heavy atom. The summed E-state index contributed by atoms with van der Waals surface area (Å²) in [7, 11) is 1.86. The van der Waals surface area contributed by atoms with Crippen molar-refractivity contribution in [3.05, 3.63) is 52.6 Å². The SMILES string of the molecule is Cn1nccc1CCC(O)c1ccc(F)c(Cl)c1. The third-order valence-corrected chi connectivity index (χ3v) is 3.21. The average molecular weight is 269 g/mol. The van der Waals surface area contributed by atoms with Gasteiger partial charge in [-0.15, -0.1) is 0 Å². The van der Waals surface area contributed by atoms with E-state index in [1.165, 1.54) is 12.1 Å². The van der Waals surface area contributed by atoms with Crippen LogP contribution in [-0.4, -0.2) is 14.9 Å². The van der Waals surface area contributed by atoms with Gasteiger partial charge in [-0.1, -0.05) is 17.7 Å². The number of halogens is 2. The van der Waals surface area contributed by atoms with E-state index in [4.69, 9.17) is 11.6 Å². The molecule has 0 aliphatic rings. The summed E-state index contributed by atoms with van der Waals surface area (Å²) in [6.07, 6.45) is 2.31. The fourth-order valence-corrected chi connectivity index (χ4v) is 2.01. The normalized spacial score (nSPS) is 12.7. The maximum absolute atomic E-state index is 13.0. The smallest absolute Gasteiger partial charge is 0.141 e. The zero-order valence-electron chi connectivity index (χ0n) is 9.98. The van der Waals surface area contributed by atoms with Gasteiger partial charge in [0.15, 0.2) is 0 Å². The lowest BCUT2D eigenvalue weighted by molar-refractivity contribution is 0.167. The summed E-state index contributed by atoms with van der Waals surface area (Å²) in [6, 6.07) is 6.19. The largest absolute Gasteiger partial charge is 0.388 e. The highest BCUT2D eigenvalue weighted by Crippen LogP contribution is 2.23. The first-order chi connectivity index (χ1) is 8.58. The quantitative estimate of drug-likeness (QED) is 0.926. The predicted molar refractivity (Wildman–Crippen MR) is 67.9 cm³/mol. The minimum Gasteiger partial charge on any atom is -0.388 e. The second kappa shape index (κ2) is 5.50. The highest BCUT2D eigenvalue weighted by Gasteiger charge is 2.11. The molecule has 0 amide bonds. The summed E-state index contributed by atoms with van der Waals surface area (Å²) in [4.78, 5) is 0. The lowest BCUT2D eigenvalue weighted by Gasteiger charge is -2.11. The summed E-state index contributed by atoms with van der Waals surface area (Å²) >= 11 is 5.68. The van der Waals surface area contributed by atoms with Crippen LogP contribution in [0.5, 0.6) is 0 Å². The van der Waals surface area contributed by atoms with Crippen LogP contribution in [0.15, 0.2) is 30.5 Å². The van der Waals surface area contributed by atoms with Crippen LogP contribution >= 0.6 is 11.6 Å². The molecule has 0 aliphatic carbocycles. The fourth-order valence-electron chi connectivity index (χ4n) is 1.82. The highest BCUT2D eigenvalue weighted by atomic mass is 35.5. The van der Waals surface area contributed by atoms with Crippen LogP contribution in [0.1, 0.15) is 23.8 Å². The zero-order valence-corrected chi connectivity index (χ0v) is 10.7. The molecule has 5 heteroatoms. The summed E-state index contributed by atoms with van der Waals surface area (Å²) in [5.74, 6) is -0.473. The predicted octanol–water partition coefficient (Wildman–Crippen LogP) is 2.88. The topological polar surface area (TPSA) is 38.0 Å². The van der Waals surface area contributed by atoms with Gasteiger partial charge < -0.3 is 5.11 Å². The van der Waals surface area contributed by atoms with Gasteiger partial charge in [-0.3, -0.25) is 4.68 Å². The molecule has 3 nitrogen and oxygen atoms in total. The molecule has 1 aromatic heterocycles. The molecule has 0 radical (unpaired) electrons. The van der Waals surface area contributed by atoms with Crippen LogP contribution in [0.4, 0.5) is 4.39 Å². The lowest BCUT2D eigenvalue weighted by atomic mass is 10.0. The van der Waals surface area contributed by atoms with Crippen LogP contribution in [0, 0.1) is 5.82 Å². The Morgan fingerprint density at radius 1 is 1.44 bits per heavy atom. The van der Waals surface area contributed by atoms with E-state index in [1.807, 2.05) is 13.1 Å². The monoisotopic (exact) mass is 268 g/mol. The number of rotatable bonds is 4. The van der Waals surface area contributed by atoms with E-state index in [-0.39, 0.29) is 5.02 Å². The molecule has 0 saturated heterocycles. The lowest BCUT2D eigenvalue weighted by Crippen LogP contribution is -2.03. The van der Waals surface area contributed by atoms with Crippen molar-refractivity contribution in [3.63, 3.8) is 0 Å². The Bertz CT molecular complexity index is 542. The number of aryl methyl sites for hydroxylation is 2. The molecule has 0 fully saturated rings. The molecule has 2 aromatic rings.